The fraction of sp³-hybridized carbons (Fsp3) is 0.909. The van der Waals surface area contributed by atoms with Crippen molar-refractivity contribution < 1.29 is 9.09 Å². The lowest BCUT2D eigenvalue weighted by Gasteiger charge is -2.26. The molecule has 0 N–H and O–H groups in total. The Labute approximate surface area is 99.1 Å². The van der Waals surface area contributed by atoms with Crippen molar-refractivity contribution >= 4 is 7.52 Å². The summed E-state index contributed by atoms with van der Waals surface area (Å²) in [5.41, 5.74) is 0. The van der Waals surface area contributed by atoms with Crippen LogP contribution in [0.3, 0.4) is 0 Å². The van der Waals surface area contributed by atoms with Crippen molar-refractivity contribution in [3.8, 4) is 5.81 Å². The summed E-state index contributed by atoms with van der Waals surface area (Å²) < 4.78 is 19.3. The zero-order valence-electron chi connectivity index (χ0n) is 10.8. The molecular formula is C11H23N2O2P. The molecule has 2 atom stereocenters. The molecule has 0 aliphatic rings. The van der Waals surface area contributed by atoms with Gasteiger partial charge < -0.3 is 4.52 Å². The van der Waals surface area contributed by atoms with Crippen molar-refractivity contribution in [3.63, 3.8) is 0 Å². The molecule has 0 heterocycles. The van der Waals surface area contributed by atoms with Gasteiger partial charge in [0.05, 0.1) is 6.10 Å². The van der Waals surface area contributed by atoms with E-state index in [9.17, 15) is 4.57 Å². The van der Waals surface area contributed by atoms with E-state index in [0.29, 0.717) is 13.1 Å². The van der Waals surface area contributed by atoms with Gasteiger partial charge >= 0.3 is 7.52 Å². The largest absolute Gasteiger partial charge is 0.371 e. The average molecular weight is 246 g/mol. The van der Waals surface area contributed by atoms with Gasteiger partial charge in [0, 0.05) is 13.1 Å². The van der Waals surface area contributed by atoms with E-state index >= 15 is 0 Å². The van der Waals surface area contributed by atoms with E-state index in [4.69, 9.17) is 9.79 Å². The first-order valence-corrected chi connectivity index (χ1v) is 7.56. The third-order valence-electron chi connectivity index (χ3n) is 2.52. The Kier molecular flexibility index (Phi) is 7.66. The second-order valence-electron chi connectivity index (χ2n) is 3.82. The molecule has 16 heavy (non-hydrogen) atoms. The van der Waals surface area contributed by atoms with Crippen LogP contribution in [0, 0.1) is 11.1 Å². The highest BCUT2D eigenvalue weighted by Gasteiger charge is 2.31. The molecule has 0 saturated carbocycles. The SMILES string of the molecule is CCCCC(C)OP(=O)(C#N)N(CC)CC. The Morgan fingerprint density at radius 3 is 2.31 bits per heavy atom. The molecule has 0 radical (unpaired) electrons. The van der Waals surface area contributed by atoms with Gasteiger partial charge in [0.2, 0.25) is 0 Å². The van der Waals surface area contributed by atoms with Crippen LogP contribution in [-0.4, -0.2) is 23.9 Å². The predicted octanol–water partition coefficient (Wildman–Crippen LogP) is 3.60. The molecule has 0 rings (SSSR count). The second-order valence-corrected chi connectivity index (χ2v) is 5.83. The minimum Gasteiger partial charge on any atom is -0.304 e. The van der Waals surface area contributed by atoms with Crippen molar-refractivity contribution in [3.05, 3.63) is 0 Å². The minimum absolute atomic E-state index is 0.119. The van der Waals surface area contributed by atoms with Gasteiger partial charge in [-0.05, 0) is 13.3 Å². The summed E-state index contributed by atoms with van der Waals surface area (Å²) in [4.78, 5) is 0. The van der Waals surface area contributed by atoms with Crippen LogP contribution >= 0.6 is 7.52 Å². The number of nitrogens with zero attached hydrogens (tertiary/aromatic N) is 2. The quantitative estimate of drug-likeness (QED) is 0.614. The van der Waals surface area contributed by atoms with Crippen LogP contribution in [0.4, 0.5) is 0 Å². The second kappa shape index (κ2) is 7.84. The van der Waals surface area contributed by atoms with E-state index in [2.05, 4.69) is 6.92 Å². The molecule has 0 aromatic heterocycles. The minimum atomic E-state index is -3.27. The van der Waals surface area contributed by atoms with E-state index in [1.807, 2.05) is 26.6 Å². The van der Waals surface area contributed by atoms with Gasteiger partial charge in [0.25, 0.3) is 0 Å². The monoisotopic (exact) mass is 246 g/mol. The summed E-state index contributed by atoms with van der Waals surface area (Å²) in [6.45, 7) is 8.88. The summed E-state index contributed by atoms with van der Waals surface area (Å²) in [5, 5.41) is 9.01. The Hall–Kier alpha value is -0.360. The fourth-order valence-electron chi connectivity index (χ4n) is 1.54. The van der Waals surface area contributed by atoms with Crippen LogP contribution in [0.2, 0.25) is 0 Å². The molecule has 0 amide bonds. The molecule has 0 bridgehead atoms. The highest BCUT2D eigenvalue weighted by Crippen LogP contribution is 2.50. The molecule has 94 valence electrons. The van der Waals surface area contributed by atoms with Gasteiger partial charge in [-0.15, -0.1) is 0 Å². The topological polar surface area (TPSA) is 53.3 Å². The van der Waals surface area contributed by atoms with Gasteiger partial charge in [-0.2, -0.15) is 5.26 Å². The van der Waals surface area contributed by atoms with Crippen molar-refractivity contribution in [2.45, 2.75) is 53.1 Å². The Morgan fingerprint density at radius 1 is 1.38 bits per heavy atom. The number of unbranched alkanes of at least 4 members (excludes halogenated alkanes) is 1. The maximum Gasteiger partial charge on any atom is 0.371 e. The normalized spacial score (nSPS) is 16.8. The first kappa shape index (κ1) is 15.6. The lowest BCUT2D eigenvalue weighted by Crippen LogP contribution is -2.22. The van der Waals surface area contributed by atoms with E-state index in [1.165, 1.54) is 0 Å². The van der Waals surface area contributed by atoms with Crippen molar-refractivity contribution in [1.29, 1.82) is 5.26 Å². The maximum atomic E-state index is 12.3. The van der Waals surface area contributed by atoms with Gasteiger partial charge in [0.1, 0.15) is 0 Å². The summed E-state index contributed by atoms with van der Waals surface area (Å²) in [7, 11) is -3.27. The zero-order valence-corrected chi connectivity index (χ0v) is 11.7. The maximum absolute atomic E-state index is 12.3. The number of hydrogen-bond acceptors (Lipinski definition) is 3. The van der Waals surface area contributed by atoms with Crippen LogP contribution in [0.15, 0.2) is 0 Å². The van der Waals surface area contributed by atoms with Crippen LogP contribution < -0.4 is 0 Å². The lowest BCUT2D eigenvalue weighted by molar-refractivity contribution is 0.190. The van der Waals surface area contributed by atoms with E-state index in [1.54, 1.807) is 4.67 Å². The van der Waals surface area contributed by atoms with E-state index in [0.717, 1.165) is 19.3 Å². The van der Waals surface area contributed by atoms with Crippen molar-refractivity contribution in [1.82, 2.24) is 4.67 Å². The Morgan fingerprint density at radius 2 is 1.94 bits per heavy atom. The summed E-state index contributed by atoms with van der Waals surface area (Å²) in [5.74, 6) is 1.85. The molecule has 0 aromatic carbocycles. The molecule has 0 aliphatic heterocycles. The standard InChI is InChI=1S/C11H23N2O2P/c1-5-8-9-11(4)15-16(14,10-12)13(6-2)7-3/h11H,5-9H2,1-4H3. The number of nitriles is 1. The van der Waals surface area contributed by atoms with Gasteiger partial charge in [-0.3, -0.25) is 4.57 Å². The smallest absolute Gasteiger partial charge is 0.304 e. The Balaban J connectivity index is 4.48. The molecule has 4 nitrogen and oxygen atoms in total. The predicted molar refractivity (Wildman–Crippen MR) is 66.2 cm³/mol. The third kappa shape index (κ3) is 4.65. The van der Waals surface area contributed by atoms with Gasteiger partial charge in [-0.25, -0.2) is 4.67 Å². The highest BCUT2D eigenvalue weighted by molar-refractivity contribution is 7.61. The third-order valence-corrected chi connectivity index (χ3v) is 4.72. The molecule has 0 spiro atoms. The molecular weight excluding hydrogens is 223 g/mol. The van der Waals surface area contributed by atoms with Crippen molar-refractivity contribution in [2.24, 2.45) is 0 Å². The highest BCUT2D eigenvalue weighted by atomic mass is 31.2. The number of rotatable bonds is 8. The zero-order chi connectivity index (χ0) is 12.6. The molecule has 0 aliphatic carbocycles. The molecule has 5 heteroatoms. The van der Waals surface area contributed by atoms with Crippen molar-refractivity contribution in [2.75, 3.05) is 13.1 Å². The molecule has 0 saturated heterocycles. The summed E-state index contributed by atoms with van der Waals surface area (Å²) >= 11 is 0. The van der Waals surface area contributed by atoms with Crippen LogP contribution in [0.1, 0.15) is 47.0 Å². The first-order chi connectivity index (χ1) is 7.53. The van der Waals surface area contributed by atoms with Crippen LogP contribution in [-0.2, 0) is 9.09 Å². The van der Waals surface area contributed by atoms with Gasteiger partial charge in [0.15, 0.2) is 5.81 Å². The Bertz CT molecular complexity index is 272. The summed E-state index contributed by atoms with van der Waals surface area (Å²) in [6, 6.07) is 0. The van der Waals surface area contributed by atoms with E-state index in [-0.39, 0.29) is 6.10 Å². The van der Waals surface area contributed by atoms with Crippen LogP contribution in [0.5, 0.6) is 0 Å². The fourth-order valence-corrected chi connectivity index (χ4v) is 3.18. The summed E-state index contributed by atoms with van der Waals surface area (Å²) in [6.07, 6.45) is 2.84. The molecule has 0 aromatic rings. The van der Waals surface area contributed by atoms with Crippen LogP contribution in [0.25, 0.3) is 0 Å². The van der Waals surface area contributed by atoms with Gasteiger partial charge in [-0.1, -0.05) is 33.6 Å². The molecule has 0 fully saturated rings. The van der Waals surface area contributed by atoms with E-state index < -0.39 is 7.52 Å². The average Bonchev–Trinajstić information content (AvgIpc) is 2.27. The lowest BCUT2D eigenvalue weighted by atomic mass is 10.2. The number of hydrogen-bond donors (Lipinski definition) is 0. The molecule has 2 unspecified atom stereocenters. The first-order valence-electron chi connectivity index (χ1n) is 5.99.